The van der Waals surface area contributed by atoms with E-state index in [1.165, 1.54) is 0 Å². The van der Waals surface area contributed by atoms with E-state index in [0.717, 1.165) is 11.4 Å². The first kappa shape index (κ1) is 14.8. The molecule has 2 N–H and O–H groups in total. The molecule has 1 aromatic carbocycles. The fourth-order valence-electron chi connectivity index (χ4n) is 1.88. The van der Waals surface area contributed by atoms with Gasteiger partial charge in [-0.25, -0.2) is 0 Å². The Balaban J connectivity index is 2.83. The second-order valence-corrected chi connectivity index (χ2v) is 5.01. The highest BCUT2D eigenvalue weighted by atomic mass is 16.3. The van der Waals surface area contributed by atoms with Crippen molar-refractivity contribution >= 4 is 11.4 Å². The van der Waals surface area contributed by atoms with Crippen molar-refractivity contribution in [2.24, 2.45) is 0 Å². The Morgan fingerprint density at radius 1 is 0.889 bits per heavy atom. The van der Waals surface area contributed by atoms with Crippen LogP contribution in [-0.2, 0) is 0 Å². The summed E-state index contributed by atoms with van der Waals surface area (Å²) in [5.41, 5.74) is 2.15. The van der Waals surface area contributed by atoms with Gasteiger partial charge in [-0.2, -0.15) is 0 Å². The Labute approximate surface area is 109 Å². The molecule has 1 rings (SSSR count). The van der Waals surface area contributed by atoms with Crippen molar-refractivity contribution in [1.82, 2.24) is 0 Å². The quantitative estimate of drug-likeness (QED) is 0.801. The van der Waals surface area contributed by atoms with E-state index < -0.39 is 12.2 Å². The molecule has 4 nitrogen and oxygen atoms in total. The Bertz CT molecular complexity index is 337. The van der Waals surface area contributed by atoms with Crippen molar-refractivity contribution in [2.75, 3.05) is 37.0 Å². The summed E-state index contributed by atoms with van der Waals surface area (Å²) >= 11 is 0. The highest BCUT2D eigenvalue weighted by Gasteiger charge is 2.12. The van der Waals surface area contributed by atoms with E-state index in [2.05, 4.69) is 0 Å². The molecule has 102 valence electrons. The Morgan fingerprint density at radius 2 is 1.28 bits per heavy atom. The second kappa shape index (κ2) is 6.61. The van der Waals surface area contributed by atoms with Crippen LogP contribution in [0.5, 0.6) is 0 Å². The average molecular weight is 252 g/mol. The predicted molar refractivity (Wildman–Crippen MR) is 76.3 cm³/mol. The van der Waals surface area contributed by atoms with Crippen LogP contribution in [0, 0.1) is 0 Å². The maximum absolute atomic E-state index is 9.51. The number of aliphatic hydroxyl groups is 2. The molecule has 0 spiro atoms. The molecule has 0 saturated heterocycles. The summed E-state index contributed by atoms with van der Waals surface area (Å²) in [5.74, 6) is 0. The van der Waals surface area contributed by atoms with E-state index in [0.29, 0.717) is 13.1 Å². The maximum atomic E-state index is 9.51. The first-order valence-electron chi connectivity index (χ1n) is 6.28. The molecule has 0 amide bonds. The molecule has 0 aromatic heterocycles. The van der Waals surface area contributed by atoms with Crippen LogP contribution in [0.3, 0.4) is 0 Å². The lowest BCUT2D eigenvalue weighted by molar-refractivity contribution is 0.178. The van der Waals surface area contributed by atoms with Gasteiger partial charge in [-0.3, -0.25) is 0 Å². The zero-order valence-corrected chi connectivity index (χ0v) is 11.7. The van der Waals surface area contributed by atoms with Crippen LogP contribution < -0.4 is 9.80 Å². The minimum absolute atomic E-state index is 0.419. The number of hydrogen-bond donors (Lipinski definition) is 2. The van der Waals surface area contributed by atoms with Crippen LogP contribution >= 0.6 is 0 Å². The molecule has 1 aromatic rings. The molecule has 4 heteroatoms. The highest BCUT2D eigenvalue weighted by Crippen LogP contribution is 2.20. The lowest BCUT2D eigenvalue weighted by Crippen LogP contribution is -2.36. The molecule has 0 aliphatic carbocycles. The van der Waals surface area contributed by atoms with Gasteiger partial charge in [0.05, 0.1) is 12.2 Å². The molecular weight excluding hydrogens is 228 g/mol. The average Bonchev–Trinajstić information content (AvgIpc) is 2.27. The maximum Gasteiger partial charge on any atom is 0.0687 e. The van der Waals surface area contributed by atoms with E-state index in [-0.39, 0.29) is 0 Å². The van der Waals surface area contributed by atoms with Crippen molar-refractivity contribution in [3.05, 3.63) is 24.3 Å². The van der Waals surface area contributed by atoms with Gasteiger partial charge in [0.25, 0.3) is 0 Å². The fourth-order valence-corrected chi connectivity index (χ4v) is 1.88. The molecule has 0 fully saturated rings. The Morgan fingerprint density at radius 3 is 1.61 bits per heavy atom. The Hall–Kier alpha value is -1.26. The van der Waals surface area contributed by atoms with Crippen molar-refractivity contribution in [3.63, 3.8) is 0 Å². The number of benzene rings is 1. The third-order valence-corrected chi connectivity index (χ3v) is 2.70. The first-order chi connectivity index (χ1) is 8.40. The van der Waals surface area contributed by atoms with Gasteiger partial charge in [0.1, 0.15) is 0 Å². The summed E-state index contributed by atoms with van der Waals surface area (Å²) in [6, 6.07) is 8.10. The van der Waals surface area contributed by atoms with Crippen LogP contribution in [0.1, 0.15) is 13.8 Å². The van der Waals surface area contributed by atoms with E-state index in [1.54, 1.807) is 13.8 Å². The molecule has 0 heterocycles. The van der Waals surface area contributed by atoms with Crippen LogP contribution in [0.2, 0.25) is 0 Å². The summed E-state index contributed by atoms with van der Waals surface area (Å²) in [4.78, 5) is 4.03. The summed E-state index contributed by atoms with van der Waals surface area (Å²) in [7, 11) is 4.00. The van der Waals surface area contributed by atoms with E-state index >= 15 is 0 Å². The van der Waals surface area contributed by atoms with E-state index in [9.17, 15) is 10.2 Å². The van der Waals surface area contributed by atoms with Crippen LogP contribution in [0.4, 0.5) is 11.4 Å². The zero-order chi connectivity index (χ0) is 13.7. The molecule has 0 aliphatic rings. The third-order valence-electron chi connectivity index (χ3n) is 2.70. The minimum atomic E-state index is -0.419. The van der Waals surface area contributed by atoms with Gasteiger partial charge in [0.15, 0.2) is 0 Å². The molecule has 18 heavy (non-hydrogen) atoms. The second-order valence-electron chi connectivity index (χ2n) is 5.01. The van der Waals surface area contributed by atoms with Crippen molar-refractivity contribution in [3.8, 4) is 0 Å². The van der Waals surface area contributed by atoms with Gasteiger partial charge >= 0.3 is 0 Å². The van der Waals surface area contributed by atoms with Gasteiger partial charge in [-0.05, 0) is 38.1 Å². The molecule has 2 unspecified atom stereocenters. The predicted octanol–water partition coefficient (Wildman–Crippen LogP) is 1.32. The molecule has 0 aliphatic heterocycles. The summed E-state index contributed by atoms with van der Waals surface area (Å²) in [5, 5.41) is 19.0. The standard InChI is InChI=1S/C14H24N2O2/c1-11(17)9-16(10-12(2)18)14-7-5-13(6-8-14)15(3)4/h5-8,11-12,17-18H,9-10H2,1-4H3. The number of anilines is 2. The minimum Gasteiger partial charge on any atom is -0.392 e. The summed E-state index contributed by atoms with van der Waals surface area (Å²) in [6.07, 6.45) is -0.838. The third kappa shape index (κ3) is 4.55. The zero-order valence-electron chi connectivity index (χ0n) is 11.7. The molecule has 0 bridgehead atoms. The Kier molecular flexibility index (Phi) is 5.44. The normalized spacial score (nSPS) is 14.1. The van der Waals surface area contributed by atoms with Crippen molar-refractivity contribution in [2.45, 2.75) is 26.1 Å². The fraction of sp³-hybridized carbons (Fsp3) is 0.571. The number of hydrogen-bond acceptors (Lipinski definition) is 4. The lowest BCUT2D eigenvalue weighted by Gasteiger charge is -2.28. The molecule has 0 radical (unpaired) electrons. The van der Waals surface area contributed by atoms with Gasteiger partial charge in [0, 0.05) is 38.6 Å². The smallest absolute Gasteiger partial charge is 0.0687 e. The van der Waals surface area contributed by atoms with E-state index in [4.69, 9.17) is 0 Å². The van der Waals surface area contributed by atoms with Crippen molar-refractivity contribution in [1.29, 1.82) is 0 Å². The van der Waals surface area contributed by atoms with Crippen LogP contribution in [-0.4, -0.2) is 49.6 Å². The molecular formula is C14H24N2O2. The van der Waals surface area contributed by atoms with Crippen LogP contribution in [0.15, 0.2) is 24.3 Å². The summed E-state index contributed by atoms with van der Waals surface area (Å²) < 4.78 is 0. The SMILES string of the molecule is CC(O)CN(CC(C)O)c1ccc(N(C)C)cc1. The number of rotatable bonds is 6. The van der Waals surface area contributed by atoms with Crippen LogP contribution in [0.25, 0.3) is 0 Å². The largest absolute Gasteiger partial charge is 0.392 e. The topological polar surface area (TPSA) is 46.9 Å². The number of nitrogens with zero attached hydrogens (tertiary/aromatic N) is 2. The van der Waals surface area contributed by atoms with E-state index in [1.807, 2.05) is 48.2 Å². The van der Waals surface area contributed by atoms with Gasteiger partial charge in [0.2, 0.25) is 0 Å². The highest BCUT2D eigenvalue weighted by molar-refractivity contribution is 5.55. The number of aliphatic hydroxyl groups excluding tert-OH is 2. The van der Waals surface area contributed by atoms with Gasteiger partial charge < -0.3 is 20.0 Å². The van der Waals surface area contributed by atoms with Crippen molar-refractivity contribution < 1.29 is 10.2 Å². The van der Waals surface area contributed by atoms with Gasteiger partial charge in [-0.15, -0.1) is 0 Å². The lowest BCUT2D eigenvalue weighted by atomic mass is 10.2. The first-order valence-corrected chi connectivity index (χ1v) is 6.28. The molecule has 2 atom stereocenters. The molecule has 0 saturated carbocycles. The summed E-state index contributed by atoms with van der Waals surface area (Å²) in [6.45, 7) is 4.55. The van der Waals surface area contributed by atoms with Gasteiger partial charge in [-0.1, -0.05) is 0 Å². The monoisotopic (exact) mass is 252 g/mol.